The van der Waals surface area contributed by atoms with E-state index in [1.165, 1.54) is 11.0 Å². The predicted octanol–water partition coefficient (Wildman–Crippen LogP) is 2.78. The molecule has 0 aliphatic carbocycles. The Balaban J connectivity index is 1.85. The average molecular weight is 320 g/mol. The first-order chi connectivity index (χ1) is 11.6. The van der Waals surface area contributed by atoms with Crippen LogP contribution in [-0.4, -0.2) is 25.5 Å². The minimum atomic E-state index is -0.603. The van der Waals surface area contributed by atoms with Crippen molar-refractivity contribution in [1.82, 2.24) is 0 Å². The molecule has 0 saturated carbocycles. The third kappa shape index (κ3) is 4.82. The number of rotatable bonds is 5. The molecule has 0 spiro atoms. The summed E-state index contributed by atoms with van der Waals surface area (Å²) in [5, 5.41) is 8.72. The highest BCUT2D eigenvalue weighted by Gasteiger charge is 2.12. The van der Waals surface area contributed by atoms with Crippen LogP contribution in [0.25, 0.3) is 6.08 Å². The molecule has 0 N–H and O–H groups in total. The summed E-state index contributed by atoms with van der Waals surface area (Å²) in [6.07, 6.45) is 2.81. The molecule has 1 amide bonds. The lowest BCUT2D eigenvalue weighted by molar-refractivity contribution is -0.142. The number of likely N-dealkylation sites (N-methyl/N-ethyl adjacent to an activating group) is 1. The number of nitriles is 1. The van der Waals surface area contributed by atoms with Gasteiger partial charge in [0.05, 0.1) is 11.6 Å². The van der Waals surface area contributed by atoms with Gasteiger partial charge in [-0.15, -0.1) is 0 Å². The summed E-state index contributed by atoms with van der Waals surface area (Å²) in [5.41, 5.74) is 2.04. The number of ether oxygens (including phenoxy) is 1. The van der Waals surface area contributed by atoms with Crippen molar-refractivity contribution in [1.29, 1.82) is 5.26 Å². The molecule has 5 heteroatoms. The second-order valence-corrected chi connectivity index (χ2v) is 4.96. The Labute approximate surface area is 140 Å². The second-order valence-electron chi connectivity index (χ2n) is 4.96. The largest absolute Gasteiger partial charge is 0.452 e. The molecule has 0 aliphatic rings. The van der Waals surface area contributed by atoms with Crippen molar-refractivity contribution < 1.29 is 14.3 Å². The second kappa shape index (κ2) is 8.30. The highest BCUT2D eigenvalue weighted by Crippen LogP contribution is 2.11. The van der Waals surface area contributed by atoms with Crippen LogP contribution in [0.3, 0.4) is 0 Å². The van der Waals surface area contributed by atoms with Crippen LogP contribution in [0.4, 0.5) is 5.69 Å². The zero-order chi connectivity index (χ0) is 17.4. The van der Waals surface area contributed by atoms with Crippen molar-refractivity contribution in [2.45, 2.75) is 0 Å². The van der Waals surface area contributed by atoms with E-state index in [4.69, 9.17) is 10.00 Å². The SMILES string of the molecule is CN(C(=O)COC(=O)/C=C/c1ccc(C#N)cc1)c1ccccc1. The fourth-order valence-corrected chi connectivity index (χ4v) is 1.91. The van der Waals surface area contributed by atoms with E-state index in [2.05, 4.69) is 0 Å². The Morgan fingerprint density at radius 3 is 2.42 bits per heavy atom. The molecular formula is C19H16N2O3. The zero-order valence-electron chi connectivity index (χ0n) is 13.2. The molecule has 2 aromatic carbocycles. The summed E-state index contributed by atoms with van der Waals surface area (Å²) in [6, 6.07) is 17.9. The Morgan fingerprint density at radius 2 is 1.79 bits per heavy atom. The van der Waals surface area contributed by atoms with Gasteiger partial charge in [0.2, 0.25) is 0 Å². The molecule has 0 aliphatic heterocycles. The van der Waals surface area contributed by atoms with E-state index in [0.29, 0.717) is 5.56 Å². The van der Waals surface area contributed by atoms with Crippen molar-refractivity contribution in [2.24, 2.45) is 0 Å². The van der Waals surface area contributed by atoms with Crippen LogP contribution in [0.1, 0.15) is 11.1 Å². The van der Waals surface area contributed by atoms with Gasteiger partial charge in [0.25, 0.3) is 5.91 Å². The number of benzene rings is 2. The van der Waals surface area contributed by atoms with Gasteiger partial charge in [-0.2, -0.15) is 5.26 Å². The van der Waals surface area contributed by atoms with Crippen molar-refractivity contribution in [2.75, 3.05) is 18.6 Å². The first-order valence-electron chi connectivity index (χ1n) is 7.27. The smallest absolute Gasteiger partial charge is 0.331 e. The molecule has 24 heavy (non-hydrogen) atoms. The van der Waals surface area contributed by atoms with Crippen molar-refractivity contribution >= 4 is 23.6 Å². The predicted molar refractivity (Wildman–Crippen MR) is 91.0 cm³/mol. The fraction of sp³-hybridized carbons (Fsp3) is 0.105. The number of carbonyl (C=O) groups excluding carboxylic acids is 2. The average Bonchev–Trinajstić information content (AvgIpc) is 2.64. The molecule has 0 unspecified atom stereocenters. The number of hydrogen-bond donors (Lipinski definition) is 0. The summed E-state index contributed by atoms with van der Waals surface area (Å²) in [4.78, 5) is 25.1. The maximum atomic E-state index is 12.0. The molecule has 5 nitrogen and oxygen atoms in total. The molecule has 0 fully saturated rings. The quantitative estimate of drug-likeness (QED) is 0.627. The lowest BCUT2D eigenvalue weighted by atomic mass is 10.1. The summed E-state index contributed by atoms with van der Waals surface area (Å²) in [7, 11) is 1.62. The van der Waals surface area contributed by atoms with Crippen LogP contribution in [0.15, 0.2) is 60.7 Å². The lowest BCUT2D eigenvalue weighted by Crippen LogP contribution is -2.30. The van der Waals surface area contributed by atoms with Gasteiger partial charge >= 0.3 is 5.97 Å². The maximum Gasteiger partial charge on any atom is 0.331 e. The summed E-state index contributed by atoms with van der Waals surface area (Å²) < 4.78 is 4.94. The van der Waals surface area contributed by atoms with Crippen LogP contribution in [0, 0.1) is 11.3 Å². The molecule has 0 bridgehead atoms. The monoisotopic (exact) mass is 320 g/mol. The number of hydrogen-bond acceptors (Lipinski definition) is 4. The number of para-hydroxylation sites is 1. The first kappa shape index (κ1) is 17.0. The Bertz CT molecular complexity index is 775. The van der Waals surface area contributed by atoms with Crippen LogP contribution < -0.4 is 4.90 Å². The highest BCUT2D eigenvalue weighted by molar-refractivity contribution is 5.96. The summed E-state index contributed by atoms with van der Waals surface area (Å²) in [5.74, 6) is -0.921. The van der Waals surface area contributed by atoms with Gasteiger partial charge in [0.1, 0.15) is 0 Å². The number of carbonyl (C=O) groups is 2. The van der Waals surface area contributed by atoms with E-state index >= 15 is 0 Å². The molecule has 0 atom stereocenters. The molecule has 0 radical (unpaired) electrons. The molecule has 2 aromatic rings. The summed E-state index contributed by atoms with van der Waals surface area (Å²) >= 11 is 0. The number of amides is 1. The minimum Gasteiger partial charge on any atom is -0.452 e. The van der Waals surface area contributed by atoms with Crippen LogP contribution in [0.2, 0.25) is 0 Å². The molecule has 0 aromatic heterocycles. The highest BCUT2D eigenvalue weighted by atomic mass is 16.5. The normalized spacial score (nSPS) is 10.2. The number of esters is 1. The van der Waals surface area contributed by atoms with Gasteiger partial charge in [-0.1, -0.05) is 30.3 Å². The number of anilines is 1. The van der Waals surface area contributed by atoms with E-state index in [-0.39, 0.29) is 12.5 Å². The topological polar surface area (TPSA) is 70.4 Å². The molecule has 2 rings (SSSR count). The van der Waals surface area contributed by atoms with Gasteiger partial charge in [-0.3, -0.25) is 4.79 Å². The van der Waals surface area contributed by atoms with Crippen LogP contribution in [0.5, 0.6) is 0 Å². The molecule has 0 heterocycles. The zero-order valence-corrected chi connectivity index (χ0v) is 13.2. The lowest BCUT2D eigenvalue weighted by Gasteiger charge is -2.16. The van der Waals surface area contributed by atoms with E-state index in [0.717, 1.165) is 11.3 Å². The Kier molecular flexibility index (Phi) is 5.87. The third-order valence-electron chi connectivity index (χ3n) is 3.31. The first-order valence-corrected chi connectivity index (χ1v) is 7.27. The summed E-state index contributed by atoms with van der Waals surface area (Å²) in [6.45, 7) is -0.331. The maximum absolute atomic E-state index is 12.0. The van der Waals surface area contributed by atoms with Crippen LogP contribution in [-0.2, 0) is 14.3 Å². The van der Waals surface area contributed by atoms with Gasteiger partial charge < -0.3 is 9.64 Å². The van der Waals surface area contributed by atoms with Crippen LogP contribution >= 0.6 is 0 Å². The molecule has 0 saturated heterocycles. The molecule has 120 valence electrons. The van der Waals surface area contributed by atoms with Gasteiger partial charge in [0.15, 0.2) is 6.61 Å². The van der Waals surface area contributed by atoms with E-state index in [1.54, 1.807) is 49.5 Å². The standard InChI is InChI=1S/C19H16N2O3/c1-21(17-5-3-2-4-6-17)18(22)14-24-19(23)12-11-15-7-9-16(13-20)10-8-15/h2-12H,14H2,1H3/b12-11+. The minimum absolute atomic E-state index is 0.318. The third-order valence-corrected chi connectivity index (χ3v) is 3.31. The Morgan fingerprint density at radius 1 is 1.12 bits per heavy atom. The van der Waals surface area contributed by atoms with E-state index in [9.17, 15) is 9.59 Å². The van der Waals surface area contributed by atoms with Gasteiger partial charge in [-0.05, 0) is 35.9 Å². The van der Waals surface area contributed by atoms with E-state index in [1.807, 2.05) is 24.3 Å². The van der Waals surface area contributed by atoms with E-state index < -0.39 is 5.97 Å². The Hall–Kier alpha value is -3.39. The van der Waals surface area contributed by atoms with Crippen molar-refractivity contribution in [3.05, 3.63) is 71.8 Å². The number of nitrogens with zero attached hydrogens (tertiary/aromatic N) is 2. The van der Waals surface area contributed by atoms with Gasteiger partial charge in [-0.25, -0.2) is 4.79 Å². The fourth-order valence-electron chi connectivity index (χ4n) is 1.91. The molecular weight excluding hydrogens is 304 g/mol. The van der Waals surface area contributed by atoms with Gasteiger partial charge in [0, 0.05) is 18.8 Å². The van der Waals surface area contributed by atoms with Crippen molar-refractivity contribution in [3.63, 3.8) is 0 Å². The van der Waals surface area contributed by atoms with Crippen molar-refractivity contribution in [3.8, 4) is 6.07 Å².